The van der Waals surface area contributed by atoms with Gasteiger partial charge in [-0.2, -0.15) is 9.37 Å². The first kappa shape index (κ1) is 18.6. The first-order valence-corrected chi connectivity index (χ1v) is 7.87. The molecule has 2 aromatic carbocycles. The Hall–Kier alpha value is -3.23. The van der Waals surface area contributed by atoms with Gasteiger partial charge in [0.2, 0.25) is 5.95 Å². The van der Waals surface area contributed by atoms with Crippen molar-refractivity contribution in [2.45, 2.75) is 20.4 Å². The maximum atomic E-state index is 13.6. The highest BCUT2D eigenvalue weighted by Crippen LogP contribution is 2.21. The molecule has 5 nitrogen and oxygen atoms in total. The molecule has 0 unspecified atom stereocenters. The Balaban J connectivity index is 2.04. The Bertz CT molecular complexity index is 1060. The summed E-state index contributed by atoms with van der Waals surface area (Å²) in [6.07, 6.45) is 0. The van der Waals surface area contributed by atoms with E-state index in [1.54, 1.807) is 6.92 Å². The lowest BCUT2D eigenvalue weighted by molar-refractivity contribution is 0.484. The monoisotopic (exact) mass is 378 g/mol. The highest BCUT2D eigenvalue weighted by atomic mass is 19.2. The van der Waals surface area contributed by atoms with Gasteiger partial charge in [0.05, 0.1) is 6.54 Å². The number of hydrogen-bond acceptors (Lipinski definition) is 4. The van der Waals surface area contributed by atoms with Crippen LogP contribution in [-0.2, 0) is 6.54 Å². The van der Waals surface area contributed by atoms with Crippen molar-refractivity contribution in [2.75, 3.05) is 5.32 Å². The van der Waals surface area contributed by atoms with Crippen LogP contribution in [0.2, 0.25) is 0 Å². The van der Waals surface area contributed by atoms with E-state index in [1.807, 2.05) is 0 Å². The van der Waals surface area contributed by atoms with Crippen LogP contribution < -0.4 is 10.9 Å². The molecule has 0 spiro atoms. The molecule has 140 valence electrons. The van der Waals surface area contributed by atoms with Gasteiger partial charge < -0.3 is 5.32 Å². The van der Waals surface area contributed by atoms with E-state index in [-0.39, 0.29) is 23.6 Å². The molecule has 1 aromatic heterocycles. The Morgan fingerprint density at radius 3 is 2.48 bits per heavy atom. The summed E-state index contributed by atoms with van der Waals surface area (Å²) in [5, 5.41) is 6.23. The Morgan fingerprint density at radius 1 is 1.04 bits per heavy atom. The minimum Gasteiger partial charge on any atom is -0.324 e. The van der Waals surface area contributed by atoms with E-state index in [0.29, 0.717) is 11.3 Å². The van der Waals surface area contributed by atoms with Crippen LogP contribution in [0.1, 0.15) is 16.7 Å². The van der Waals surface area contributed by atoms with E-state index in [2.05, 4.69) is 15.4 Å². The molecule has 0 amide bonds. The van der Waals surface area contributed by atoms with Gasteiger partial charge in [0.1, 0.15) is 5.82 Å². The van der Waals surface area contributed by atoms with Gasteiger partial charge in [0.25, 0.3) is 5.95 Å². The summed E-state index contributed by atoms with van der Waals surface area (Å²) < 4.78 is 55.2. The molecule has 1 heterocycles. The van der Waals surface area contributed by atoms with E-state index in [9.17, 15) is 22.4 Å². The molecule has 0 bridgehead atoms. The molecule has 0 aliphatic rings. The fourth-order valence-electron chi connectivity index (χ4n) is 2.51. The maximum absolute atomic E-state index is 13.6. The van der Waals surface area contributed by atoms with Crippen molar-refractivity contribution in [2.24, 2.45) is 0 Å². The summed E-state index contributed by atoms with van der Waals surface area (Å²) in [5.41, 5.74) is 0.0812. The summed E-state index contributed by atoms with van der Waals surface area (Å²) in [6, 6.07) is 6.26. The average Bonchev–Trinajstić information content (AvgIpc) is 2.60. The standard InChI is InChI=1S/C18H14F4N4O/c1-9-3-4-12(19)7-14(9)23-18-24-17(27)16(22)25-26(18)8-11-5-10(2)15(21)13(20)6-11/h3-7H,8H2,1-2H3,(H,23,24,27). The third-order valence-corrected chi connectivity index (χ3v) is 3.89. The Morgan fingerprint density at radius 2 is 1.78 bits per heavy atom. The van der Waals surface area contributed by atoms with Crippen molar-refractivity contribution < 1.29 is 17.6 Å². The number of aryl methyl sites for hydroxylation is 2. The Kier molecular flexibility index (Phi) is 4.93. The van der Waals surface area contributed by atoms with Gasteiger partial charge in [0.15, 0.2) is 11.6 Å². The van der Waals surface area contributed by atoms with Crippen molar-refractivity contribution in [3.63, 3.8) is 0 Å². The molecule has 27 heavy (non-hydrogen) atoms. The Labute approximate surface area is 151 Å². The van der Waals surface area contributed by atoms with Crippen LogP contribution in [0.3, 0.4) is 0 Å². The quantitative estimate of drug-likeness (QED) is 0.705. The first-order valence-electron chi connectivity index (χ1n) is 7.87. The normalized spacial score (nSPS) is 10.9. The fourth-order valence-corrected chi connectivity index (χ4v) is 2.51. The van der Waals surface area contributed by atoms with Crippen LogP contribution in [0, 0.1) is 37.2 Å². The summed E-state index contributed by atoms with van der Waals surface area (Å²) in [4.78, 5) is 15.1. The van der Waals surface area contributed by atoms with Crippen LogP contribution in [0.4, 0.5) is 29.2 Å². The number of benzene rings is 2. The average molecular weight is 378 g/mol. The van der Waals surface area contributed by atoms with Gasteiger partial charge >= 0.3 is 5.56 Å². The van der Waals surface area contributed by atoms with Crippen molar-refractivity contribution in [1.29, 1.82) is 0 Å². The number of hydrogen-bond donors (Lipinski definition) is 1. The van der Waals surface area contributed by atoms with Crippen LogP contribution in [-0.4, -0.2) is 14.8 Å². The second kappa shape index (κ2) is 7.18. The molecule has 3 aromatic rings. The molecule has 0 atom stereocenters. The van der Waals surface area contributed by atoms with Crippen LogP contribution in [0.25, 0.3) is 0 Å². The predicted molar refractivity (Wildman–Crippen MR) is 90.9 cm³/mol. The van der Waals surface area contributed by atoms with Gasteiger partial charge in [-0.25, -0.2) is 17.9 Å². The van der Waals surface area contributed by atoms with Crippen molar-refractivity contribution in [1.82, 2.24) is 14.8 Å². The smallest absolute Gasteiger partial charge is 0.324 e. The molecular formula is C18H14F4N4O. The number of nitrogens with zero attached hydrogens (tertiary/aromatic N) is 3. The zero-order chi connectivity index (χ0) is 19.7. The van der Waals surface area contributed by atoms with E-state index in [4.69, 9.17) is 0 Å². The van der Waals surface area contributed by atoms with Gasteiger partial charge in [0, 0.05) is 5.69 Å². The summed E-state index contributed by atoms with van der Waals surface area (Å²) in [5.74, 6) is -4.09. The van der Waals surface area contributed by atoms with Crippen molar-refractivity contribution >= 4 is 11.6 Å². The van der Waals surface area contributed by atoms with Crippen LogP contribution in [0.5, 0.6) is 0 Å². The molecule has 0 fully saturated rings. The third-order valence-electron chi connectivity index (χ3n) is 3.89. The summed E-state index contributed by atoms with van der Waals surface area (Å²) >= 11 is 0. The SMILES string of the molecule is Cc1ccc(F)cc1Nc1nc(=O)c(F)nn1Cc1cc(C)c(F)c(F)c1. The highest BCUT2D eigenvalue weighted by molar-refractivity contribution is 5.58. The number of aromatic nitrogens is 3. The van der Waals surface area contributed by atoms with E-state index >= 15 is 0 Å². The number of rotatable bonds is 4. The first-order chi connectivity index (χ1) is 12.7. The number of halogens is 4. The molecule has 9 heteroatoms. The largest absolute Gasteiger partial charge is 0.330 e. The van der Waals surface area contributed by atoms with Crippen LogP contribution >= 0.6 is 0 Å². The lowest BCUT2D eigenvalue weighted by atomic mass is 10.1. The summed E-state index contributed by atoms with van der Waals surface area (Å²) in [7, 11) is 0. The van der Waals surface area contributed by atoms with Gasteiger partial charge in [-0.1, -0.05) is 12.1 Å². The number of nitrogens with one attached hydrogen (secondary N) is 1. The van der Waals surface area contributed by atoms with Gasteiger partial charge in [-0.05, 0) is 48.7 Å². The minimum atomic E-state index is -1.35. The lowest BCUT2D eigenvalue weighted by Crippen LogP contribution is -2.24. The highest BCUT2D eigenvalue weighted by Gasteiger charge is 2.14. The molecule has 0 saturated carbocycles. The minimum absolute atomic E-state index is 0.0648. The van der Waals surface area contributed by atoms with Gasteiger partial charge in [-0.3, -0.25) is 4.79 Å². The van der Waals surface area contributed by atoms with Crippen molar-refractivity contribution in [3.05, 3.63) is 80.8 Å². The fraction of sp³-hybridized carbons (Fsp3) is 0.167. The molecule has 3 rings (SSSR count). The zero-order valence-corrected chi connectivity index (χ0v) is 14.4. The topological polar surface area (TPSA) is 59.8 Å². The summed E-state index contributed by atoms with van der Waals surface area (Å²) in [6.45, 7) is 2.88. The molecule has 1 N–H and O–H groups in total. The second-order valence-electron chi connectivity index (χ2n) is 5.98. The van der Waals surface area contributed by atoms with E-state index in [1.165, 1.54) is 31.2 Å². The zero-order valence-electron chi connectivity index (χ0n) is 14.4. The van der Waals surface area contributed by atoms with Crippen LogP contribution in [0.15, 0.2) is 35.1 Å². The number of anilines is 2. The molecular weight excluding hydrogens is 364 g/mol. The molecule has 0 radical (unpaired) electrons. The van der Waals surface area contributed by atoms with Crippen molar-refractivity contribution in [3.8, 4) is 0 Å². The lowest BCUT2D eigenvalue weighted by Gasteiger charge is -2.14. The van der Waals surface area contributed by atoms with Gasteiger partial charge in [-0.15, -0.1) is 5.10 Å². The predicted octanol–water partition coefficient (Wildman–Crippen LogP) is 3.60. The maximum Gasteiger partial charge on any atom is 0.330 e. The van der Waals surface area contributed by atoms with E-state index in [0.717, 1.165) is 10.7 Å². The van der Waals surface area contributed by atoms with E-state index < -0.39 is 29.0 Å². The third kappa shape index (κ3) is 3.97. The molecule has 0 saturated heterocycles. The second-order valence-corrected chi connectivity index (χ2v) is 5.98. The molecule has 0 aliphatic heterocycles. The molecule has 0 aliphatic carbocycles.